The Bertz CT molecular complexity index is 501. The fourth-order valence-electron chi connectivity index (χ4n) is 1.75. The van der Waals surface area contributed by atoms with E-state index in [9.17, 15) is 0 Å². The SMILES string of the molecule is CCCC(C)(N)c1nc2ncnc(N)c2[nH]1. The third kappa shape index (κ3) is 1.71. The highest BCUT2D eigenvalue weighted by Crippen LogP contribution is 2.23. The molecule has 2 heterocycles. The smallest absolute Gasteiger partial charge is 0.183 e. The molecule has 1 unspecified atom stereocenters. The first-order valence-electron chi connectivity index (χ1n) is 5.30. The lowest BCUT2D eigenvalue weighted by Crippen LogP contribution is -2.34. The first-order valence-corrected chi connectivity index (χ1v) is 5.30. The maximum atomic E-state index is 6.18. The first-order chi connectivity index (χ1) is 7.54. The van der Waals surface area contributed by atoms with Crippen LogP contribution in [0.3, 0.4) is 0 Å². The van der Waals surface area contributed by atoms with Crippen molar-refractivity contribution in [2.24, 2.45) is 5.73 Å². The van der Waals surface area contributed by atoms with Crippen LogP contribution in [0.15, 0.2) is 6.33 Å². The molecule has 1 atom stereocenters. The minimum Gasteiger partial charge on any atom is -0.382 e. The van der Waals surface area contributed by atoms with Gasteiger partial charge in [-0.3, -0.25) is 0 Å². The summed E-state index contributed by atoms with van der Waals surface area (Å²) in [5, 5.41) is 0. The third-order valence-corrected chi connectivity index (χ3v) is 2.63. The topological polar surface area (TPSA) is 106 Å². The van der Waals surface area contributed by atoms with Crippen LogP contribution in [0, 0.1) is 0 Å². The molecule has 6 heteroatoms. The quantitative estimate of drug-likeness (QED) is 0.712. The molecule has 0 saturated carbocycles. The van der Waals surface area contributed by atoms with E-state index in [2.05, 4.69) is 26.9 Å². The second-order valence-electron chi connectivity index (χ2n) is 4.21. The van der Waals surface area contributed by atoms with Gasteiger partial charge in [-0.15, -0.1) is 0 Å². The van der Waals surface area contributed by atoms with E-state index in [0.717, 1.165) is 12.8 Å². The van der Waals surface area contributed by atoms with Gasteiger partial charge in [-0.2, -0.15) is 0 Å². The van der Waals surface area contributed by atoms with E-state index >= 15 is 0 Å². The molecule has 2 aromatic rings. The molecule has 0 radical (unpaired) electrons. The zero-order chi connectivity index (χ0) is 11.8. The number of nitrogens with zero attached hydrogens (tertiary/aromatic N) is 3. The van der Waals surface area contributed by atoms with E-state index in [4.69, 9.17) is 11.5 Å². The van der Waals surface area contributed by atoms with Gasteiger partial charge < -0.3 is 16.5 Å². The molecule has 5 N–H and O–H groups in total. The summed E-state index contributed by atoms with van der Waals surface area (Å²) in [7, 11) is 0. The van der Waals surface area contributed by atoms with E-state index in [0.29, 0.717) is 22.8 Å². The van der Waals surface area contributed by atoms with Crippen molar-refractivity contribution < 1.29 is 0 Å². The van der Waals surface area contributed by atoms with E-state index in [-0.39, 0.29) is 0 Å². The number of aromatic nitrogens is 4. The molecule has 6 nitrogen and oxygen atoms in total. The summed E-state index contributed by atoms with van der Waals surface area (Å²) < 4.78 is 0. The normalized spacial score (nSPS) is 15.2. The van der Waals surface area contributed by atoms with Gasteiger partial charge in [0, 0.05) is 0 Å². The average molecular weight is 220 g/mol. The van der Waals surface area contributed by atoms with Crippen LogP contribution in [0.2, 0.25) is 0 Å². The molecule has 86 valence electrons. The molecule has 0 aliphatic heterocycles. The molecule has 16 heavy (non-hydrogen) atoms. The number of aromatic amines is 1. The highest BCUT2D eigenvalue weighted by molar-refractivity contribution is 5.81. The van der Waals surface area contributed by atoms with E-state index in [1.807, 2.05) is 6.92 Å². The van der Waals surface area contributed by atoms with Crippen molar-refractivity contribution in [3.05, 3.63) is 12.2 Å². The summed E-state index contributed by atoms with van der Waals surface area (Å²) in [5.74, 6) is 1.10. The Morgan fingerprint density at radius 2 is 2.19 bits per heavy atom. The van der Waals surface area contributed by atoms with Crippen LogP contribution in [0.1, 0.15) is 32.5 Å². The monoisotopic (exact) mass is 220 g/mol. The van der Waals surface area contributed by atoms with E-state index in [1.54, 1.807) is 0 Å². The highest BCUT2D eigenvalue weighted by Gasteiger charge is 2.24. The van der Waals surface area contributed by atoms with Crippen LogP contribution in [-0.2, 0) is 5.54 Å². The van der Waals surface area contributed by atoms with Crippen LogP contribution in [0.25, 0.3) is 11.2 Å². The van der Waals surface area contributed by atoms with Gasteiger partial charge in [0.25, 0.3) is 0 Å². The van der Waals surface area contributed by atoms with Crippen molar-refractivity contribution in [3.8, 4) is 0 Å². The van der Waals surface area contributed by atoms with Crippen molar-refractivity contribution in [2.45, 2.75) is 32.2 Å². The van der Waals surface area contributed by atoms with E-state index < -0.39 is 5.54 Å². The second kappa shape index (κ2) is 3.71. The van der Waals surface area contributed by atoms with Gasteiger partial charge in [0.15, 0.2) is 11.5 Å². The number of imidazole rings is 1. The van der Waals surface area contributed by atoms with Gasteiger partial charge >= 0.3 is 0 Å². The minimum absolute atomic E-state index is 0.399. The molecule has 0 bridgehead atoms. The maximum Gasteiger partial charge on any atom is 0.183 e. The molecule has 0 aliphatic rings. The molecule has 2 rings (SSSR count). The number of hydrogen-bond acceptors (Lipinski definition) is 5. The summed E-state index contributed by atoms with van der Waals surface area (Å²) in [6, 6.07) is 0. The van der Waals surface area contributed by atoms with Gasteiger partial charge in [0.2, 0.25) is 0 Å². The number of H-pyrrole nitrogens is 1. The summed E-state index contributed by atoms with van der Waals surface area (Å²) in [6.45, 7) is 4.03. The standard InChI is InChI=1S/C10H16N6/c1-3-4-10(2,12)9-15-6-7(11)13-5-14-8(6)16-9/h5H,3-4,12H2,1-2H3,(H3,11,13,14,15,16). The fraction of sp³-hybridized carbons (Fsp3) is 0.500. The van der Waals surface area contributed by atoms with Crippen molar-refractivity contribution in [3.63, 3.8) is 0 Å². The lowest BCUT2D eigenvalue weighted by Gasteiger charge is -2.20. The largest absolute Gasteiger partial charge is 0.382 e. The van der Waals surface area contributed by atoms with Crippen LogP contribution in [0.4, 0.5) is 5.82 Å². The van der Waals surface area contributed by atoms with Gasteiger partial charge in [-0.1, -0.05) is 13.3 Å². The Labute approximate surface area is 93.5 Å². The molecule has 0 saturated heterocycles. The molecule has 0 aliphatic carbocycles. The molecule has 2 aromatic heterocycles. The third-order valence-electron chi connectivity index (χ3n) is 2.63. The zero-order valence-corrected chi connectivity index (χ0v) is 9.49. The lowest BCUT2D eigenvalue weighted by atomic mass is 9.97. The molecule has 0 spiro atoms. The number of rotatable bonds is 3. The number of fused-ring (bicyclic) bond motifs is 1. The maximum absolute atomic E-state index is 6.18. The van der Waals surface area contributed by atoms with Crippen molar-refractivity contribution in [2.75, 3.05) is 5.73 Å². The molecule has 0 amide bonds. The predicted molar refractivity (Wildman–Crippen MR) is 62.5 cm³/mol. The van der Waals surface area contributed by atoms with Crippen molar-refractivity contribution >= 4 is 17.0 Å². The van der Waals surface area contributed by atoms with Crippen LogP contribution in [-0.4, -0.2) is 19.9 Å². The van der Waals surface area contributed by atoms with Crippen LogP contribution < -0.4 is 11.5 Å². The number of nitrogens with one attached hydrogen (secondary N) is 1. The first kappa shape index (κ1) is 10.8. The van der Waals surface area contributed by atoms with E-state index in [1.165, 1.54) is 6.33 Å². The average Bonchev–Trinajstić information content (AvgIpc) is 2.63. The number of nitrogens with two attached hydrogens (primary N) is 2. The van der Waals surface area contributed by atoms with Gasteiger partial charge in [-0.25, -0.2) is 15.0 Å². The highest BCUT2D eigenvalue weighted by atomic mass is 15.1. The Balaban J connectivity index is 2.51. The molecule has 0 fully saturated rings. The summed E-state index contributed by atoms with van der Waals surface area (Å²) in [4.78, 5) is 15.4. The molecular formula is C10H16N6. The fourth-order valence-corrected chi connectivity index (χ4v) is 1.75. The Hall–Kier alpha value is -1.69. The van der Waals surface area contributed by atoms with Crippen LogP contribution >= 0.6 is 0 Å². The second-order valence-corrected chi connectivity index (χ2v) is 4.21. The van der Waals surface area contributed by atoms with Gasteiger partial charge in [-0.05, 0) is 13.3 Å². The number of hydrogen-bond donors (Lipinski definition) is 3. The van der Waals surface area contributed by atoms with Crippen molar-refractivity contribution in [1.82, 2.24) is 19.9 Å². The summed E-state index contributed by atoms with van der Waals surface area (Å²) in [6.07, 6.45) is 3.24. The van der Waals surface area contributed by atoms with Crippen molar-refractivity contribution in [1.29, 1.82) is 0 Å². The zero-order valence-electron chi connectivity index (χ0n) is 9.49. The molecular weight excluding hydrogens is 204 g/mol. The lowest BCUT2D eigenvalue weighted by molar-refractivity contribution is 0.424. The Kier molecular flexibility index (Phi) is 2.51. The minimum atomic E-state index is -0.484. The molecule has 0 aromatic carbocycles. The number of nitrogen functional groups attached to an aromatic ring is 1. The van der Waals surface area contributed by atoms with Gasteiger partial charge in [0.1, 0.15) is 17.7 Å². The van der Waals surface area contributed by atoms with Crippen LogP contribution in [0.5, 0.6) is 0 Å². The Morgan fingerprint density at radius 3 is 2.81 bits per heavy atom. The predicted octanol–water partition coefficient (Wildman–Crippen LogP) is 0.909. The van der Waals surface area contributed by atoms with Gasteiger partial charge in [0.05, 0.1) is 5.54 Å². The Morgan fingerprint density at radius 1 is 1.44 bits per heavy atom. The summed E-state index contributed by atoms with van der Waals surface area (Å²) >= 11 is 0. The number of anilines is 1. The summed E-state index contributed by atoms with van der Waals surface area (Å²) in [5.41, 5.74) is 12.6.